The molecular formula is C18H23N3O3. The highest BCUT2D eigenvalue weighted by atomic mass is 16.3. The average Bonchev–Trinajstić information content (AvgIpc) is 3.02. The van der Waals surface area contributed by atoms with Gasteiger partial charge < -0.3 is 14.8 Å². The van der Waals surface area contributed by atoms with Crippen LogP contribution >= 0.6 is 0 Å². The zero-order valence-electron chi connectivity index (χ0n) is 13.8. The summed E-state index contributed by atoms with van der Waals surface area (Å²) in [5.41, 5.74) is 1.56. The van der Waals surface area contributed by atoms with Crippen LogP contribution in [0.3, 0.4) is 0 Å². The van der Waals surface area contributed by atoms with Gasteiger partial charge in [-0.3, -0.25) is 9.69 Å². The summed E-state index contributed by atoms with van der Waals surface area (Å²) in [6, 6.07) is 10.2. The number of carbonyl (C=O) groups is 1. The number of aliphatic hydroxyl groups is 1. The molecule has 24 heavy (non-hydrogen) atoms. The molecule has 0 bridgehead atoms. The molecule has 1 aliphatic rings. The second-order valence-corrected chi connectivity index (χ2v) is 6.29. The third kappa shape index (κ3) is 3.83. The van der Waals surface area contributed by atoms with Crippen molar-refractivity contribution in [3.8, 4) is 0 Å². The molecule has 1 saturated heterocycles. The third-order valence-electron chi connectivity index (χ3n) is 4.60. The second kappa shape index (κ2) is 7.59. The molecule has 2 heterocycles. The van der Waals surface area contributed by atoms with Crippen LogP contribution in [0.15, 0.2) is 41.1 Å². The number of carbonyl (C=O) groups excluding carboxylic acids is 1. The molecule has 1 fully saturated rings. The van der Waals surface area contributed by atoms with E-state index in [1.807, 2.05) is 18.2 Å². The molecule has 2 N–H and O–H groups in total. The number of rotatable bonds is 5. The zero-order valence-corrected chi connectivity index (χ0v) is 13.8. The van der Waals surface area contributed by atoms with E-state index >= 15 is 0 Å². The van der Waals surface area contributed by atoms with Crippen LogP contribution in [0.2, 0.25) is 0 Å². The number of hydrogen-bond donors (Lipinski definition) is 2. The van der Waals surface area contributed by atoms with Gasteiger partial charge in [-0.2, -0.15) is 0 Å². The lowest BCUT2D eigenvalue weighted by atomic mass is 9.91. The third-order valence-corrected chi connectivity index (χ3v) is 4.60. The first-order valence-electron chi connectivity index (χ1n) is 8.25. The van der Waals surface area contributed by atoms with Crippen LogP contribution in [0, 0.1) is 12.8 Å². The Balaban J connectivity index is 1.65. The summed E-state index contributed by atoms with van der Waals surface area (Å²) in [5.74, 6) is 0.324. The van der Waals surface area contributed by atoms with E-state index in [1.165, 1.54) is 12.0 Å². The molecule has 1 aromatic carbocycles. The number of amides is 1. The summed E-state index contributed by atoms with van der Waals surface area (Å²) in [6.07, 6.45) is 2.13. The van der Waals surface area contributed by atoms with Crippen molar-refractivity contribution < 1.29 is 14.3 Å². The molecule has 2 atom stereocenters. The molecule has 1 aromatic heterocycles. The number of piperidine rings is 1. The van der Waals surface area contributed by atoms with Crippen molar-refractivity contribution in [2.45, 2.75) is 25.9 Å². The van der Waals surface area contributed by atoms with Crippen molar-refractivity contribution in [1.29, 1.82) is 0 Å². The number of oxazole rings is 1. The molecule has 0 radical (unpaired) electrons. The van der Waals surface area contributed by atoms with Crippen molar-refractivity contribution in [1.82, 2.24) is 15.2 Å². The Morgan fingerprint density at radius 3 is 2.88 bits per heavy atom. The van der Waals surface area contributed by atoms with Crippen LogP contribution in [-0.4, -0.2) is 46.6 Å². The van der Waals surface area contributed by atoms with Crippen molar-refractivity contribution in [2.75, 3.05) is 19.7 Å². The van der Waals surface area contributed by atoms with Crippen molar-refractivity contribution >= 4 is 5.91 Å². The van der Waals surface area contributed by atoms with Gasteiger partial charge in [-0.25, -0.2) is 4.98 Å². The number of hydrogen-bond acceptors (Lipinski definition) is 5. The van der Waals surface area contributed by atoms with E-state index in [9.17, 15) is 9.90 Å². The minimum atomic E-state index is -0.244. The normalized spacial score (nSPS) is 21.6. The van der Waals surface area contributed by atoms with Crippen LogP contribution in [0.4, 0.5) is 0 Å². The minimum absolute atomic E-state index is 0.0631. The summed E-state index contributed by atoms with van der Waals surface area (Å²) in [6.45, 7) is 4.25. The molecule has 0 spiro atoms. The number of aliphatic hydroxyl groups excluding tert-OH is 1. The van der Waals surface area contributed by atoms with Crippen LogP contribution in [0.5, 0.6) is 0 Å². The molecule has 2 aromatic rings. The highest BCUT2D eigenvalue weighted by Crippen LogP contribution is 2.20. The number of aromatic nitrogens is 1. The molecule has 0 saturated carbocycles. The van der Waals surface area contributed by atoms with Gasteiger partial charge in [-0.05, 0) is 25.5 Å². The molecule has 128 valence electrons. The fourth-order valence-electron chi connectivity index (χ4n) is 3.20. The lowest BCUT2D eigenvalue weighted by Gasteiger charge is -2.38. The molecule has 6 nitrogen and oxygen atoms in total. The van der Waals surface area contributed by atoms with Crippen molar-refractivity contribution in [3.05, 3.63) is 53.7 Å². The SMILES string of the molecule is Cc1ocnc1C(=O)N[C@H]1CN(Cc2ccccc2)CC[C@@H]1CO. The van der Waals surface area contributed by atoms with Gasteiger partial charge in [0.2, 0.25) is 0 Å². The monoisotopic (exact) mass is 329 g/mol. The van der Waals surface area contributed by atoms with E-state index in [1.54, 1.807) is 6.92 Å². The summed E-state index contributed by atoms with van der Waals surface area (Å²) >= 11 is 0. The maximum Gasteiger partial charge on any atom is 0.273 e. The number of aryl methyl sites for hydroxylation is 1. The van der Waals surface area contributed by atoms with Gasteiger partial charge in [0.05, 0.1) is 0 Å². The van der Waals surface area contributed by atoms with E-state index in [0.717, 1.165) is 19.5 Å². The summed E-state index contributed by atoms with van der Waals surface area (Å²) < 4.78 is 5.10. The summed E-state index contributed by atoms with van der Waals surface area (Å²) in [5, 5.41) is 12.6. The van der Waals surface area contributed by atoms with Gasteiger partial charge in [0.1, 0.15) is 5.76 Å². The topological polar surface area (TPSA) is 78.6 Å². The van der Waals surface area contributed by atoms with E-state index in [-0.39, 0.29) is 24.5 Å². The smallest absolute Gasteiger partial charge is 0.273 e. The van der Waals surface area contributed by atoms with Crippen LogP contribution < -0.4 is 5.32 Å². The minimum Gasteiger partial charge on any atom is -0.448 e. The quantitative estimate of drug-likeness (QED) is 0.871. The standard InChI is InChI=1S/C18H23N3O3/c1-13-17(19-12-24-13)18(23)20-16-10-21(8-7-15(16)11-22)9-14-5-3-2-4-6-14/h2-6,12,15-16,22H,7-11H2,1H3,(H,20,23)/t15-,16+/m1/s1. The first kappa shape index (κ1) is 16.7. The number of benzene rings is 1. The summed E-state index contributed by atoms with van der Waals surface area (Å²) in [4.78, 5) is 18.7. The molecule has 3 rings (SSSR count). The lowest BCUT2D eigenvalue weighted by Crippen LogP contribution is -2.53. The maximum absolute atomic E-state index is 12.4. The van der Waals surface area contributed by atoms with E-state index in [0.29, 0.717) is 18.0 Å². The molecular weight excluding hydrogens is 306 g/mol. The number of nitrogens with zero attached hydrogens (tertiary/aromatic N) is 2. The van der Waals surface area contributed by atoms with Gasteiger partial charge in [0, 0.05) is 31.7 Å². The van der Waals surface area contributed by atoms with Gasteiger partial charge in [-0.15, -0.1) is 0 Å². The first-order chi connectivity index (χ1) is 11.7. The fraction of sp³-hybridized carbons (Fsp3) is 0.444. The second-order valence-electron chi connectivity index (χ2n) is 6.29. The fourth-order valence-corrected chi connectivity index (χ4v) is 3.20. The Kier molecular flexibility index (Phi) is 5.27. The lowest BCUT2D eigenvalue weighted by molar-refractivity contribution is 0.0726. The average molecular weight is 329 g/mol. The summed E-state index contributed by atoms with van der Waals surface area (Å²) in [7, 11) is 0. The van der Waals surface area contributed by atoms with E-state index in [2.05, 4.69) is 27.3 Å². The Morgan fingerprint density at radius 2 is 2.21 bits per heavy atom. The predicted molar refractivity (Wildman–Crippen MR) is 89.4 cm³/mol. The molecule has 1 amide bonds. The van der Waals surface area contributed by atoms with E-state index in [4.69, 9.17) is 4.42 Å². The van der Waals surface area contributed by atoms with Crippen molar-refractivity contribution in [2.24, 2.45) is 5.92 Å². The Bertz CT molecular complexity index is 671. The zero-order chi connectivity index (χ0) is 16.9. The number of nitrogens with one attached hydrogen (secondary N) is 1. The van der Waals surface area contributed by atoms with Gasteiger partial charge >= 0.3 is 0 Å². The van der Waals surface area contributed by atoms with Gasteiger partial charge in [-0.1, -0.05) is 30.3 Å². The maximum atomic E-state index is 12.4. The highest BCUT2D eigenvalue weighted by Gasteiger charge is 2.31. The first-order valence-corrected chi connectivity index (χ1v) is 8.25. The Hall–Kier alpha value is -2.18. The Labute approximate surface area is 141 Å². The van der Waals surface area contributed by atoms with Gasteiger partial charge in [0.15, 0.2) is 12.1 Å². The van der Waals surface area contributed by atoms with Gasteiger partial charge in [0.25, 0.3) is 5.91 Å². The van der Waals surface area contributed by atoms with Crippen LogP contribution in [-0.2, 0) is 6.54 Å². The van der Waals surface area contributed by atoms with Crippen LogP contribution in [0.25, 0.3) is 0 Å². The molecule has 0 unspecified atom stereocenters. The molecule has 6 heteroatoms. The number of likely N-dealkylation sites (tertiary alicyclic amines) is 1. The Morgan fingerprint density at radius 1 is 1.42 bits per heavy atom. The highest BCUT2D eigenvalue weighted by molar-refractivity contribution is 5.93. The van der Waals surface area contributed by atoms with Crippen molar-refractivity contribution in [3.63, 3.8) is 0 Å². The predicted octanol–water partition coefficient (Wildman–Crippen LogP) is 1.60. The molecule has 0 aliphatic carbocycles. The van der Waals surface area contributed by atoms with Crippen LogP contribution in [0.1, 0.15) is 28.2 Å². The molecule has 1 aliphatic heterocycles. The largest absolute Gasteiger partial charge is 0.448 e. The van der Waals surface area contributed by atoms with E-state index < -0.39 is 0 Å².